The summed E-state index contributed by atoms with van der Waals surface area (Å²) in [5.41, 5.74) is 8.21. The zero-order valence-corrected chi connectivity index (χ0v) is 11.5. The number of rotatable bonds is 2. The lowest BCUT2D eigenvalue weighted by Crippen LogP contribution is -1.91. The fraction of sp³-hybridized carbons (Fsp3) is 0. The van der Waals surface area contributed by atoms with Gasteiger partial charge in [-0.25, -0.2) is 0 Å². The van der Waals surface area contributed by atoms with E-state index >= 15 is 0 Å². The summed E-state index contributed by atoms with van der Waals surface area (Å²) in [7, 11) is 0. The average molecular weight is 316 g/mol. The average Bonchev–Trinajstić information content (AvgIpc) is 2.92. The molecule has 2 aromatic carbocycles. The van der Waals surface area contributed by atoms with Crippen LogP contribution in [0.2, 0.25) is 0 Å². The molecule has 2 N–H and O–H groups in total. The van der Waals surface area contributed by atoms with Gasteiger partial charge in [0.15, 0.2) is 0 Å². The van der Waals surface area contributed by atoms with Crippen LogP contribution in [0.1, 0.15) is 0 Å². The van der Waals surface area contributed by atoms with Crippen molar-refractivity contribution in [3.8, 4) is 22.8 Å². The minimum atomic E-state index is 0.414. The summed E-state index contributed by atoms with van der Waals surface area (Å²) >= 11 is 3.38. The van der Waals surface area contributed by atoms with Crippen LogP contribution in [-0.4, -0.2) is 10.1 Å². The lowest BCUT2D eigenvalue weighted by atomic mass is 10.2. The molecule has 0 fully saturated rings. The molecule has 0 aliphatic heterocycles. The van der Waals surface area contributed by atoms with Gasteiger partial charge in [-0.15, -0.1) is 0 Å². The van der Waals surface area contributed by atoms with Gasteiger partial charge in [0.1, 0.15) is 0 Å². The third kappa shape index (κ3) is 2.24. The Kier molecular flexibility index (Phi) is 3.05. The number of aromatic nitrogens is 2. The number of para-hydroxylation sites is 1. The molecule has 0 spiro atoms. The quantitative estimate of drug-likeness (QED) is 0.731. The van der Waals surface area contributed by atoms with Crippen LogP contribution in [0.3, 0.4) is 0 Å². The molecule has 94 valence electrons. The molecule has 3 aromatic rings. The van der Waals surface area contributed by atoms with Crippen molar-refractivity contribution in [2.75, 3.05) is 5.73 Å². The summed E-state index contributed by atoms with van der Waals surface area (Å²) < 4.78 is 6.09. The van der Waals surface area contributed by atoms with Gasteiger partial charge in [-0.1, -0.05) is 41.6 Å². The smallest absolute Gasteiger partial charge is 0.260 e. The first-order valence-corrected chi connectivity index (χ1v) is 6.48. The molecule has 0 saturated heterocycles. The normalized spacial score (nSPS) is 10.6. The number of hydrogen-bond acceptors (Lipinski definition) is 4. The Bertz CT molecular complexity index is 710. The highest BCUT2D eigenvalue weighted by atomic mass is 79.9. The molecule has 0 aliphatic rings. The van der Waals surface area contributed by atoms with E-state index in [4.69, 9.17) is 10.3 Å². The second kappa shape index (κ2) is 4.85. The lowest BCUT2D eigenvalue weighted by Gasteiger charge is -2.01. The number of hydrogen-bond donors (Lipinski definition) is 1. The maximum atomic E-state index is 5.99. The summed E-state index contributed by atoms with van der Waals surface area (Å²) in [6.07, 6.45) is 0. The molecule has 5 heteroatoms. The standard InChI is InChI=1S/C14H10BrN3O/c15-11-8-4-7-10(12(11)16)14-17-13(18-19-14)9-5-2-1-3-6-9/h1-8H,16H2. The maximum absolute atomic E-state index is 5.99. The summed E-state index contributed by atoms with van der Waals surface area (Å²) in [6.45, 7) is 0. The molecule has 4 nitrogen and oxygen atoms in total. The molecular weight excluding hydrogens is 306 g/mol. The van der Waals surface area contributed by atoms with Crippen LogP contribution in [0.15, 0.2) is 57.5 Å². The van der Waals surface area contributed by atoms with Crippen LogP contribution in [0, 0.1) is 0 Å². The molecule has 1 aromatic heterocycles. The van der Waals surface area contributed by atoms with Crippen molar-refractivity contribution >= 4 is 21.6 Å². The van der Waals surface area contributed by atoms with E-state index in [1.54, 1.807) is 0 Å². The molecule has 1 heterocycles. The van der Waals surface area contributed by atoms with E-state index < -0.39 is 0 Å². The summed E-state index contributed by atoms with van der Waals surface area (Å²) in [5, 5.41) is 3.98. The largest absolute Gasteiger partial charge is 0.397 e. The Morgan fingerprint density at radius 3 is 2.58 bits per heavy atom. The predicted octanol–water partition coefficient (Wildman–Crippen LogP) is 3.75. The Morgan fingerprint density at radius 2 is 1.79 bits per heavy atom. The number of anilines is 1. The van der Waals surface area contributed by atoms with E-state index in [1.165, 1.54) is 0 Å². The molecule has 0 amide bonds. The van der Waals surface area contributed by atoms with Crippen LogP contribution in [0.4, 0.5) is 5.69 Å². The first kappa shape index (κ1) is 11.9. The highest BCUT2D eigenvalue weighted by molar-refractivity contribution is 9.10. The molecule has 3 rings (SSSR count). The van der Waals surface area contributed by atoms with Crippen LogP contribution < -0.4 is 5.73 Å². The molecule has 0 unspecified atom stereocenters. The molecule has 0 aliphatic carbocycles. The molecule has 0 radical (unpaired) electrons. The third-order valence-corrected chi connectivity index (χ3v) is 3.43. The monoisotopic (exact) mass is 315 g/mol. The second-order valence-corrected chi connectivity index (χ2v) is 4.84. The SMILES string of the molecule is Nc1c(Br)cccc1-c1nc(-c2ccccc2)no1. The minimum absolute atomic E-state index is 0.414. The van der Waals surface area contributed by atoms with E-state index in [0.717, 1.165) is 15.6 Å². The summed E-state index contributed by atoms with van der Waals surface area (Å²) in [4.78, 5) is 4.37. The topological polar surface area (TPSA) is 64.9 Å². The molecule has 0 saturated carbocycles. The van der Waals surface area contributed by atoms with Crippen molar-refractivity contribution in [2.24, 2.45) is 0 Å². The van der Waals surface area contributed by atoms with Gasteiger partial charge < -0.3 is 10.3 Å². The number of halogens is 1. The van der Waals surface area contributed by atoms with Crippen molar-refractivity contribution in [3.63, 3.8) is 0 Å². The Balaban J connectivity index is 2.05. The molecule has 19 heavy (non-hydrogen) atoms. The molecule has 0 bridgehead atoms. The van der Waals surface area contributed by atoms with Crippen molar-refractivity contribution in [1.29, 1.82) is 0 Å². The number of nitrogens with zero attached hydrogens (tertiary/aromatic N) is 2. The molecule has 0 atom stereocenters. The van der Waals surface area contributed by atoms with Crippen LogP contribution >= 0.6 is 15.9 Å². The van der Waals surface area contributed by atoms with Crippen molar-refractivity contribution in [1.82, 2.24) is 10.1 Å². The summed E-state index contributed by atoms with van der Waals surface area (Å²) in [5.74, 6) is 0.965. The van der Waals surface area contributed by atoms with Gasteiger partial charge in [0.2, 0.25) is 5.82 Å². The Hall–Kier alpha value is -2.14. The van der Waals surface area contributed by atoms with E-state index in [0.29, 0.717) is 17.4 Å². The zero-order valence-electron chi connectivity index (χ0n) is 9.88. The van der Waals surface area contributed by atoms with Crippen LogP contribution in [0.25, 0.3) is 22.8 Å². The van der Waals surface area contributed by atoms with E-state index in [9.17, 15) is 0 Å². The zero-order chi connectivity index (χ0) is 13.2. The van der Waals surface area contributed by atoms with Gasteiger partial charge in [-0.05, 0) is 28.1 Å². The van der Waals surface area contributed by atoms with E-state index in [2.05, 4.69) is 26.1 Å². The van der Waals surface area contributed by atoms with Gasteiger partial charge in [0, 0.05) is 10.0 Å². The van der Waals surface area contributed by atoms with Crippen LogP contribution in [-0.2, 0) is 0 Å². The van der Waals surface area contributed by atoms with Gasteiger partial charge in [-0.2, -0.15) is 4.98 Å². The van der Waals surface area contributed by atoms with Gasteiger partial charge >= 0.3 is 0 Å². The fourth-order valence-electron chi connectivity index (χ4n) is 1.76. The van der Waals surface area contributed by atoms with Gasteiger partial charge in [0.25, 0.3) is 5.89 Å². The lowest BCUT2D eigenvalue weighted by molar-refractivity contribution is 0.432. The van der Waals surface area contributed by atoms with Crippen molar-refractivity contribution in [3.05, 3.63) is 53.0 Å². The van der Waals surface area contributed by atoms with Crippen molar-refractivity contribution in [2.45, 2.75) is 0 Å². The highest BCUT2D eigenvalue weighted by Gasteiger charge is 2.13. The Morgan fingerprint density at radius 1 is 1.00 bits per heavy atom. The predicted molar refractivity (Wildman–Crippen MR) is 77.3 cm³/mol. The third-order valence-electron chi connectivity index (χ3n) is 2.74. The Labute approximate surface area is 118 Å². The number of nitrogens with two attached hydrogens (primary N) is 1. The first-order chi connectivity index (χ1) is 9.25. The summed E-state index contributed by atoms with van der Waals surface area (Å²) in [6, 6.07) is 15.3. The van der Waals surface area contributed by atoms with E-state index in [-0.39, 0.29) is 0 Å². The van der Waals surface area contributed by atoms with Crippen molar-refractivity contribution < 1.29 is 4.52 Å². The van der Waals surface area contributed by atoms with E-state index in [1.807, 2.05) is 48.5 Å². The van der Waals surface area contributed by atoms with Crippen LogP contribution in [0.5, 0.6) is 0 Å². The first-order valence-electron chi connectivity index (χ1n) is 5.69. The van der Waals surface area contributed by atoms with Gasteiger partial charge in [0.05, 0.1) is 11.3 Å². The number of benzene rings is 2. The highest BCUT2D eigenvalue weighted by Crippen LogP contribution is 2.31. The fourth-order valence-corrected chi connectivity index (χ4v) is 2.13. The minimum Gasteiger partial charge on any atom is -0.397 e. The molecular formula is C14H10BrN3O. The number of nitrogen functional groups attached to an aromatic ring is 1. The van der Waals surface area contributed by atoms with Gasteiger partial charge in [-0.3, -0.25) is 0 Å². The maximum Gasteiger partial charge on any atom is 0.260 e. The second-order valence-electron chi connectivity index (χ2n) is 3.99.